The SMILES string of the molecule is Cc1cc(C)c(CP(=O)(OCCO)c2ccccc2)c(C)c1. The highest BCUT2D eigenvalue weighted by Crippen LogP contribution is 2.50. The molecule has 0 spiro atoms. The van der Waals surface area contributed by atoms with E-state index in [2.05, 4.69) is 19.1 Å². The summed E-state index contributed by atoms with van der Waals surface area (Å²) in [4.78, 5) is 0. The number of aliphatic hydroxyl groups excluding tert-OH is 1. The summed E-state index contributed by atoms with van der Waals surface area (Å²) in [6.07, 6.45) is 0.356. The van der Waals surface area contributed by atoms with Gasteiger partial charge in [-0.2, -0.15) is 0 Å². The summed E-state index contributed by atoms with van der Waals surface area (Å²) >= 11 is 0. The zero-order chi connectivity index (χ0) is 16.2. The van der Waals surface area contributed by atoms with Gasteiger partial charge in [-0.05, 0) is 49.6 Å². The van der Waals surface area contributed by atoms with Gasteiger partial charge in [0.1, 0.15) is 0 Å². The molecular weight excluding hydrogens is 295 g/mol. The molecule has 0 heterocycles. The molecule has 1 atom stereocenters. The monoisotopic (exact) mass is 318 g/mol. The Balaban J connectivity index is 2.42. The Labute approximate surface area is 132 Å². The fourth-order valence-corrected chi connectivity index (χ4v) is 5.06. The van der Waals surface area contributed by atoms with Crippen LogP contribution in [-0.2, 0) is 15.3 Å². The van der Waals surface area contributed by atoms with Crippen molar-refractivity contribution in [3.05, 3.63) is 64.7 Å². The van der Waals surface area contributed by atoms with Crippen LogP contribution in [0.15, 0.2) is 42.5 Å². The Morgan fingerprint density at radius 1 is 1.05 bits per heavy atom. The predicted octanol–water partition coefficient (Wildman–Crippen LogP) is 3.72. The van der Waals surface area contributed by atoms with Gasteiger partial charge in [-0.1, -0.05) is 35.9 Å². The molecule has 1 unspecified atom stereocenters. The van der Waals surface area contributed by atoms with Crippen molar-refractivity contribution in [3.63, 3.8) is 0 Å². The molecule has 0 aliphatic heterocycles. The largest absolute Gasteiger partial charge is 0.394 e. The lowest BCUT2D eigenvalue weighted by atomic mass is 10.0. The van der Waals surface area contributed by atoms with E-state index in [0.29, 0.717) is 11.5 Å². The van der Waals surface area contributed by atoms with Crippen molar-refractivity contribution in [1.82, 2.24) is 0 Å². The Morgan fingerprint density at radius 3 is 2.18 bits per heavy atom. The van der Waals surface area contributed by atoms with E-state index in [4.69, 9.17) is 9.63 Å². The van der Waals surface area contributed by atoms with Gasteiger partial charge in [0.25, 0.3) is 0 Å². The molecule has 2 aromatic carbocycles. The third-order valence-electron chi connectivity index (χ3n) is 3.75. The van der Waals surface area contributed by atoms with Crippen molar-refractivity contribution < 1.29 is 14.2 Å². The molecule has 4 heteroatoms. The van der Waals surface area contributed by atoms with Gasteiger partial charge in [-0.3, -0.25) is 4.57 Å². The van der Waals surface area contributed by atoms with Gasteiger partial charge in [0, 0.05) is 5.30 Å². The fraction of sp³-hybridized carbons (Fsp3) is 0.333. The zero-order valence-corrected chi connectivity index (χ0v) is 14.3. The van der Waals surface area contributed by atoms with Crippen LogP contribution in [0.4, 0.5) is 0 Å². The smallest absolute Gasteiger partial charge is 0.236 e. The van der Waals surface area contributed by atoms with Crippen molar-refractivity contribution in [2.45, 2.75) is 26.9 Å². The van der Waals surface area contributed by atoms with E-state index >= 15 is 0 Å². The summed E-state index contributed by atoms with van der Waals surface area (Å²) in [6.45, 7) is 6.08. The fourth-order valence-electron chi connectivity index (χ4n) is 2.72. The van der Waals surface area contributed by atoms with Gasteiger partial charge in [0.15, 0.2) is 0 Å². The lowest BCUT2D eigenvalue weighted by Gasteiger charge is -2.21. The molecule has 0 aromatic heterocycles. The maximum atomic E-state index is 13.4. The van der Waals surface area contributed by atoms with Crippen LogP contribution >= 0.6 is 7.37 Å². The Kier molecular flexibility index (Phi) is 5.57. The lowest BCUT2D eigenvalue weighted by molar-refractivity contribution is 0.204. The zero-order valence-electron chi connectivity index (χ0n) is 13.4. The van der Waals surface area contributed by atoms with E-state index in [1.165, 1.54) is 5.56 Å². The first-order valence-electron chi connectivity index (χ1n) is 7.43. The molecule has 0 saturated heterocycles. The summed E-state index contributed by atoms with van der Waals surface area (Å²) in [6, 6.07) is 13.5. The van der Waals surface area contributed by atoms with E-state index in [0.717, 1.165) is 16.7 Å². The van der Waals surface area contributed by atoms with E-state index < -0.39 is 7.37 Å². The van der Waals surface area contributed by atoms with Crippen LogP contribution in [0.25, 0.3) is 0 Å². The molecule has 0 aliphatic rings. The second kappa shape index (κ2) is 7.23. The molecule has 22 heavy (non-hydrogen) atoms. The quantitative estimate of drug-likeness (QED) is 0.826. The second-order valence-corrected chi connectivity index (χ2v) is 8.04. The molecule has 3 nitrogen and oxygen atoms in total. The van der Waals surface area contributed by atoms with E-state index in [9.17, 15) is 4.57 Å². The van der Waals surface area contributed by atoms with Crippen molar-refractivity contribution in [1.29, 1.82) is 0 Å². The van der Waals surface area contributed by atoms with Crippen LogP contribution in [0.3, 0.4) is 0 Å². The van der Waals surface area contributed by atoms with Crippen LogP contribution in [-0.4, -0.2) is 18.3 Å². The molecule has 1 N–H and O–H groups in total. The second-order valence-electron chi connectivity index (χ2n) is 5.60. The molecular formula is C18H23O3P. The Morgan fingerprint density at radius 2 is 1.64 bits per heavy atom. The predicted molar refractivity (Wildman–Crippen MR) is 91.1 cm³/mol. The van der Waals surface area contributed by atoms with E-state index in [1.54, 1.807) is 0 Å². The summed E-state index contributed by atoms with van der Waals surface area (Å²) in [7, 11) is -3.04. The minimum Gasteiger partial charge on any atom is -0.394 e. The molecule has 0 aliphatic carbocycles. The maximum Gasteiger partial charge on any atom is 0.236 e. The number of aryl methyl sites for hydroxylation is 3. The molecule has 0 saturated carbocycles. The topological polar surface area (TPSA) is 46.5 Å². The normalized spacial score (nSPS) is 13.8. The first-order valence-corrected chi connectivity index (χ1v) is 9.24. The summed E-state index contributed by atoms with van der Waals surface area (Å²) in [5, 5.41) is 9.74. The van der Waals surface area contributed by atoms with Crippen molar-refractivity contribution in [2.24, 2.45) is 0 Å². The number of hydrogen-bond acceptors (Lipinski definition) is 3. The van der Waals surface area contributed by atoms with E-state index in [-0.39, 0.29) is 13.2 Å². The first-order chi connectivity index (χ1) is 10.5. The molecule has 118 valence electrons. The van der Waals surface area contributed by atoms with Crippen LogP contribution in [0, 0.1) is 20.8 Å². The Bertz CT molecular complexity index is 657. The maximum absolute atomic E-state index is 13.4. The number of hydrogen-bond donors (Lipinski definition) is 1. The van der Waals surface area contributed by atoms with Gasteiger partial charge < -0.3 is 9.63 Å². The molecule has 0 fully saturated rings. The van der Waals surface area contributed by atoms with Gasteiger partial charge >= 0.3 is 0 Å². The minimum absolute atomic E-state index is 0.0795. The highest BCUT2D eigenvalue weighted by atomic mass is 31.2. The van der Waals surface area contributed by atoms with Gasteiger partial charge in [0.2, 0.25) is 7.37 Å². The third-order valence-corrected chi connectivity index (χ3v) is 6.16. The summed E-state index contributed by atoms with van der Waals surface area (Å²) in [5.74, 6) is 0. The molecule has 0 radical (unpaired) electrons. The van der Waals surface area contributed by atoms with E-state index in [1.807, 2.05) is 44.2 Å². The van der Waals surface area contributed by atoms with Crippen LogP contribution in [0.5, 0.6) is 0 Å². The number of rotatable bonds is 6. The average Bonchev–Trinajstić information content (AvgIpc) is 2.50. The van der Waals surface area contributed by atoms with Crippen LogP contribution < -0.4 is 5.30 Å². The highest BCUT2D eigenvalue weighted by Gasteiger charge is 2.27. The van der Waals surface area contributed by atoms with Gasteiger partial charge in [-0.25, -0.2) is 0 Å². The highest BCUT2D eigenvalue weighted by molar-refractivity contribution is 7.66. The molecule has 2 aromatic rings. The standard InChI is InChI=1S/C18H23O3P/c1-14-11-15(2)18(16(3)12-14)13-22(20,21-10-9-19)17-7-5-4-6-8-17/h4-8,11-12,19H,9-10,13H2,1-3H3. The Hall–Kier alpha value is -1.41. The molecule has 0 bridgehead atoms. The minimum atomic E-state index is -3.04. The van der Waals surface area contributed by atoms with Crippen LogP contribution in [0.1, 0.15) is 22.3 Å². The van der Waals surface area contributed by atoms with Crippen molar-refractivity contribution in [3.8, 4) is 0 Å². The summed E-state index contributed by atoms with van der Waals surface area (Å²) < 4.78 is 19.0. The first kappa shape index (κ1) is 17.0. The molecule has 2 rings (SSSR count). The lowest BCUT2D eigenvalue weighted by Crippen LogP contribution is -2.12. The van der Waals surface area contributed by atoms with Crippen molar-refractivity contribution >= 4 is 12.7 Å². The van der Waals surface area contributed by atoms with Crippen LogP contribution in [0.2, 0.25) is 0 Å². The average molecular weight is 318 g/mol. The summed E-state index contributed by atoms with van der Waals surface area (Å²) in [5.41, 5.74) is 4.52. The number of benzene rings is 2. The third kappa shape index (κ3) is 3.86. The number of aliphatic hydroxyl groups is 1. The van der Waals surface area contributed by atoms with Gasteiger partial charge in [0.05, 0.1) is 19.4 Å². The molecule has 0 amide bonds. The van der Waals surface area contributed by atoms with Gasteiger partial charge in [-0.15, -0.1) is 0 Å². The van der Waals surface area contributed by atoms with Crippen molar-refractivity contribution in [2.75, 3.05) is 13.2 Å².